The molecule has 100 valence electrons. The monoisotopic (exact) mass is 263 g/mol. The Bertz CT molecular complexity index is 373. The molecule has 0 spiro atoms. The summed E-state index contributed by atoms with van der Waals surface area (Å²) in [6, 6.07) is 0. The van der Waals surface area contributed by atoms with Crippen LogP contribution < -0.4 is 5.73 Å². The van der Waals surface area contributed by atoms with Gasteiger partial charge in [-0.15, -0.1) is 0 Å². The largest absolute Gasteiger partial charge is 0.389 e. The van der Waals surface area contributed by atoms with Crippen molar-refractivity contribution in [3.8, 4) is 0 Å². The first-order valence-corrected chi connectivity index (χ1v) is 7.96. The molecule has 2 fully saturated rings. The average Bonchev–Trinajstić information content (AvgIpc) is 2.46. The van der Waals surface area contributed by atoms with Gasteiger partial charge in [-0.25, -0.2) is 8.42 Å². The van der Waals surface area contributed by atoms with Gasteiger partial charge in [0, 0.05) is 31.6 Å². The molecule has 2 aliphatic rings. The van der Waals surface area contributed by atoms with Crippen LogP contribution in [0, 0.1) is 5.41 Å². The molecule has 2 saturated heterocycles. The summed E-state index contributed by atoms with van der Waals surface area (Å²) in [7, 11) is -3.05. The highest BCUT2D eigenvalue weighted by Crippen LogP contribution is 2.46. The van der Waals surface area contributed by atoms with Crippen LogP contribution in [0.15, 0.2) is 0 Å². The minimum Gasteiger partial charge on any atom is -0.389 e. The Labute approximate surface area is 102 Å². The van der Waals surface area contributed by atoms with Crippen LogP contribution in [0.1, 0.15) is 25.7 Å². The third-order valence-electron chi connectivity index (χ3n) is 4.30. The van der Waals surface area contributed by atoms with Crippen molar-refractivity contribution in [2.45, 2.75) is 31.3 Å². The van der Waals surface area contributed by atoms with Gasteiger partial charge in [0.1, 0.15) is 0 Å². The lowest BCUT2D eigenvalue weighted by Crippen LogP contribution is -2.53. The molecule has 2 heterocycles. The van der Waals surface area contributed by atoms with Crippen molar-refractivity contribution in [3.05, 3.63) is 0 Å². The molecule has 6 heteroatoms. The smallest absolute Gasteiger partial charge is 0.151 e. The van der Waals surface area contributed by atoms with Crippen LogP contribution >= 0.6 is 0 Å². The Morgan fingerprint density at radius 3 is 2.59 bits per heavy atom. The molecular formula is C11H21NO4S. The SMILES string of the molecule is NCC1(C2(O)CCCOCC2)CCS(=O)(=O)C1. The van der Waals surface area contributed by atoms with E-state index < -0.39 is 20.9 Å². The lowest BCUT2D eigenvalue weighted by Gasteiger charge is -2.43. The van der Waals surface area contributed by atoms with Gasteiger partial charge in [-0.05, 0) is 19.3 Å². The highest BCUT2D eigenvalue weighted by atomic mass is 32.2. The molecular weight excluding hydrogens is 242 g/mol. The molecule has 0 bridgehead atoms. The molecule has 2 unspecified atom stereocenters. The van der Waals surface area contributed by atoms with E-state index in [0.29, 0.717) is 32.5 Å². The fraction of sp³-hybridized carbons (Fsp3) is 1.00. The number of hydrogen-bond donors (Lipinski definition) is 2. The van der Waals surface area contributed by atoms with Crippen molar-refractivity contribution >= 4 is 9.84 Å². The summed E-state index contributed by atoms with van der Waals surface area (Å²) in [5, 5.41) is 10.8. The van der Waals surface area contributed by atoms with E-state index in [2.05, 4.69) is 0 Å². The number of nitrogens with two attached hydrogens (primary N) is 1. The minimum atomic E-state index is -3.05. The van der Waals surface area contributed by atoms with E-state index in [0.717, 1.165) is 6.42 Å². The number of hydrogen-bond acceptors (Lipinski definition) is 5. The fourth-order valence-corrected chi connectivity index (χ4v) is 5.32. The molecule has 2 atom stereocenters. The van der Waals surface area contributed by atoms with Crippen LogP contribution in [-0.2, 0) is 14.6 Å². The van der Waals surface area contributed by atoms with Crippen molar-refractivity contribution in [2.24, 2.45) is 11.1 Å². The second kappa shape index (κ2) is 4.50. The van der Waals surface area contributed by atoms with Crippen molar-refractivity contribution in [1.82, 2.24) is 0 Å². The Morgan fingerprint density at radius 1 is 1.24 bits per heavy atom. The molecule has 0 aromatic heterocycles. The topological polar surface area (TPSA) is 89.6 Å². The summed E-state index contributed by atoms with van der Waals surface area (Å²) in [4.78, 5) is 0. The molecule has 0 amide bonds. The van der Waals surface area contributed by atoms with E-state index in [1.807, 2.05) is 0 Å². The van der Waals surface area contributed by atoms with Crippen LogP contribution in [0.2, 0.25) is 0 Å². The molecule has 2 rings (SSSR count). The van der Waals surface area contributed by atoms with Gasteiger partial charge in [0.2, 0.25) is 0 Å². The summed E-state index contributed by atoms with van der Waals surface area (Å²) in [6.07, 6.45) is 2.31. The van der Waals surface area contributed by atoms with Crippen molar-refractivity contribution < 1.29 is 18.3 Å². The fourth-order valence-electron chi connectivity index (χ4n) is 3.10. The quantitative estimate of drug-likeness (QED) is 0.713. The molecule has 0 radical (unpaired) electrons. The normalized spacial score (nSPS) is 42.2. The van der Waals surface area contributed by atoms with Gasteiger partial charge in [-0.2, -0.15) is 0 Å². The van der Waals surface area contributed by atoms with Crippen molar-refractivity contribution in [3.63, 3.8) is 0 Å². The number of rotatable bonds is 2. The Morgan fingerprint density at radius 2 is 2.00 bits per heavy atom. The second-order valence-electron chi connectivity index (χ2n) is 5.32. The summed E-state index contributed by atoms with van der Waals surface area (Å²) in [6.45, 7) is 1.34. The summed E-state index contributed by atoms with van der Waals surface area (Å²) in [5.74, 6) is 0.167. The zero-order chi connectivity index (χ0) is 12.6. The summed E-state index contributed by atoms with van der Waals surface area (Å²) < 4.78 is 28.7. The summed E-state index contributed by atoms with van der Waals surface area (Å²) in [5.41, 5.74) is 4.14. The van der Waals surface area contributed by atoms with Crippen LogP contribution in [0.3, 0.4) is 0 Å². The maximum Gasteiger partial charge on any atom is 0.151 e. The van der Waals surface area contributed by atoms with Gasteiger partial charge in [-0.1, -0.05) is 0 Å². The standard InChI is InChI=1S/C11H21NO4S/c12-8-10(4-7-17(14,15)9-10)11(13)2-1-5-16-6-3-11/h13H,1-9,12H2. The third-order valence-corrected chi connectivity index (χ3v) is 6.12. The molecule has 17 heavy (non-hydrogen) atoms. The third kappa shape index (κ3) is 2.36. The second-order valence-corrected chi connectivity index (χ2v) is 7.51. The lowest BCUT2D eigenvalue weighted by atomic mass is 9.68. The number of aliphatic hydroxyl groups is 1. The van der Waals surface area contributed by atoms with Crippen LogP contribution in [0.4, 0.5) is 0 Å². The molecule has 0 aliphatic carbocycles. The molecule has 0 aromatic rings. The first kappa shape index (κ1) is 13.3. The highest BCUT2D eigenvalue weighted by molar-refractivity contribution is 7.91. The first-order valence-electron chi connectivity index (χ1n) is 6.14. The van der Waals surface area contributed by atoms with Crippen LogP contribution in [-0.4, -0.2) is 50.4 Å². The van der Waals surface area contributed by atoms with E-state index in [1.54, 1.807) is 0 Å². The first-order chi connectivity index (χ1) is 7.93. The van der Waals surface area contributed by atoms with E-state index in [9.17, 15) is 13.5 Å². The predicted molar refractivity (Wildman–Crippen MR) is 64.4 cm³/mol. The average molecular weight is 263 g/mol. The van der Waals surface area contributed by atoms with Gasteiger partial charge >= 0.3 is 0 Å². The molecule has 3 N–H and O–H groups in total. The maximum atomic E-state index is 11.7. The van der Waals surface area contributed by atoms with Crippen molar-refractivity contribution in [2.75, 3.05) is 31.3 Å². The zero-order valence-electron chi connectivity index (χ0n) is 10.0. The predicted octanol–water partition coefficient (Wildman–Crippen LogP) is -0.318. The van der Waals surface area contributed by atoms with Gasteiger partial charge in [0.25, 0.3) is 0 Å². The number of sulfone groups is 1. The Balaban J connectivity index is 2.28. The van der Waals surface area contributed by atoms with Gasteiger partial charge in [-0.3, -0.25) is 0 Å². The van der Waals surface area contributed by atoms with Crippen molar-refractivity contribution in [1.29, 1.82) is 0 Å². The molecule has 5 nitrogen and oxygen atoms in total. The molecule has 0 saturated carbocycles. The van der Waals surface area contributed by atoms with Crippen LogP contribution in [0.25, 0.3) is 0 Å². The van der Waals surface area contributed by atoms with E-state index >= 15 is 0 Å². The highest BCUT2D eigenvalue weighted by Gasteiger charge is 2.54. The lowest BCUT2D eigenvalue weighted by molar-refractivity contribution is -0.0812. The number of ether oxygens (including phenoxy) is 1. The van der Waals surface area contributed by atoms with Gasteiger partial charge < -0.3 is 15.6 Å². The zero-order valence-corrected chi connectivity index (χ0v) is 10.8. The maximum absolute atomic E-state index is 11.7. The van der Waals surface area contributed by atoms with Gasteiger partial charge in [0.05, 0.1) is 17.1 Å². The Hall–Kier alpha value is -0.170. The van der Waals surface area contributed by atoms with E-state index in [4.69, 9.17) is 10.5 Å². The molecule has 0 aromatic carbocycles. The minimum absolute atomic E-state index is 0.0208. The Kier molecular flexibility index (Phi) is 3.51. The van der Waals surface area contributed by atoms with Crippen LogP contribution in [0.5, 0.6) is 0 Å². The van der Waals surface area contributed by atoms with Gasteiger partial charge in [0.15, 0.2) is 9.84 Å². The molecule has 2 aliphatic heterocycles. The van der Waals surface area contributed by atoms with E-state index in [-0.39, 0.29) is 18.1 Å². The summed E-state index contributed by atoms with van der Waals surface area (Å²) >= 11 is 0. The van der Waals surface area contributed by atoms with E-state index in [1.165, 1.54) is 0 Å².